The molecular formula is C13H20N2O3S2. The van der Waals surface area contributed by atoms with Crippen molar-refractivity contribution in [2.24, 2.45) is 0 Å². The molecule has 2 heterocycles. The molecule has 0 unspecified atom stereocenters. The van der Waals surface area contributed by atoms with Gasteiger partial charge in [0.15, 0.2) is 0 Å². The SMILES string of the molecule is CCOC(=O)c1sc(N2CCCOCC2)c(SC)c1N. The molecule has 1 aliphatic rings. The second-order valence-corrected chi connectivity index (χ2v) is 6.17. The lowest BCUT2D eigenvalue weighted by atomic mass is 10.3. The highest BCUT2D eigenvalue weighted by atomic mass is 32.2. The van der Waals surface area contributed by atoms with Gasteiger partial charge in [-0.25, -0.2) is 4.79 Å². The maximum Gasteiger partial charge on any atom is 0.350 e. The lowest BCUT2D eigenvalue weighted by Gasteiger charge is -2.21. The summed E-state index contributed by atoms with van der Waals surface area (Å²) in [5.41, 5.74) is 6.67. The summed E-state index contributed by atoms with van der Waals surface area (Å²) in [5.74, 6) is -0.331. The number of esters is 1. The van der Waals surface area contributed by atoms with Crippen LogP contribution in [0, 0.1) is 0 Å². The van der Waals surface area contributed by atoms with Gasteiger partial charge < -0.3 is 20.1 Å². The van der Waals surface area contributed by atoms with Crippen LogP contribution < -0.4 is 10.6 Å². The smallest absolute Gasteiger partial charge is 0.350 e. The minimum absolute atomic E-state index is 0.331. The van der Waals surface area contributed by atoms with Crippen molar-refractivity contribution in [3.63, 3.8) is 0 Å². The summed E-state index contributed by atoms with van der Waals surface area (Å²) in [4.78, 5) is 15.7. The van der Waals surface area contributed by atoms with Crippen molar-refractivity contribution in [1.82, 2.24) is 0 Å². The summed E-state index contributed by atoms with van der Waals surface area (Å²) in [7, 11) is 0. The van der Waals surface area contributed by atoms with E-state index in [0.717, 1.165) is 36.0 Å². The van der Waals surface area contributed by atoms with Gasteiger partial charge in [-0.15, -0.1) is 23.1 Å². The number of thiophene rings is 1. The Hall–Kier alpha value is -0.920. The van der Waals surface area contributed by atoms with E-state index in [1.165, 1.54) is 11.3 Å². The Labute approximate surface area is 127 Å². The minimum atomic E-state index is -0.331. The van der Waals surface area contributed by atoms with Crippen LogP contribution in [0.5, 0.6) is 0 Å². The number of anilines is 2. The van der Waals surface area contributed by atoms with Crippen molar-refractivity contribution >= 4 is 39.8 Å². The molecule has 1 fully saturated rings. The quantitative estimate of drug-likeness (QED) is 0.680. The first-order valence-electron chi connectivity index (χ1n) is 6.65. The van der Waals surface area contributed by atoms with Crippen molar-refractivity contribution in [2.75, 3.05) is 49.8 Å². The van der Waals surface area contributed by atoms with E-state index in [4.69, 9.17) is 15.2 Å². The minimum Gasteiger partial charge on any atom is -0.462 e. The predicted octanol–water partition coefficient (Wildman–Crippen LogP) is 2.46. The molecular weight excluding hydrogens is 296 g/mol. The average Bonchev–Trinajstić information content (AvgIpc) is 2.63. The fourth-order valence-corrected chi connectivity index (χ4v) is 4.25. The average molecular weight is 316 g/mol. The highest BCUT2D eigenvalue weighted by Gasteiger charge is 2.25. The van der Waals surface area contributed by atoms with Gasteiger partial charge in [-0.2, -0.15) is 0 Å². The van der Waals surface area contributed by atoms with Gasteiger partial charge in [0, 0.05) is 19.7 Å². The van der Waals surface area contributed by atoms with Gasteiger partial charge >= 0.3 is 5.97 Å². The monoisotopic (exact) mass is 316 g/mol. The highest BCUT2D eigenvalue weighted by Crippen LogP contribution is 2.44. The van der Waals surface area contributed by atoms with Gasteiger partial charge in [0.1, 0.15) is 9.88 Å². The molecule has 0 amide bonds. The van der Waals surface area contributed by atoms with E-state index in [1.807, 2.05) is 6.26 Å². The molecule has 0 spiro atoms. The second-order valence-electron chi connectivity index (χ2n) is 4.36. The summed E-state index contributed by atoms with van der Waals surface area (Å²) >= 11 is 3.00. The molecule has 1 aromatic heterocycles. The Kier molecular flexibility index (Phi) is 5.56. The number of carbonyl (C=O) groups excluding carboxylic acids is 1. The number of thioether (sulfide) groups is 1. The summed E-state index contributed by atoms with van der Waals surface area (Å²) in [6, 6.07) is 0. The van der Waals surface area contributed by atoms with Crippen LogP contribution in [0.4, 0.5) is 10.7 Å². The first kappa shape index (κ1) is 15.5. The maximum absolute atomic E-state index is 12.0. The molecule has 5 nitrogen and oxygen atoms in total. The molecule has 0 aromatic carbocycles. The molecule has 2 rings (SSSR count). The van der Waals surface area contributed by atoms with E-state index in [-0.39, 0.29) is 5.97 Å². The van der Waals surface area contributed by atoms with Crippen LogP contribution in [0.1, 0.15) is 23.0 Å². The molecule has 2 N–H and O–H groups in total. The fourth-order valence-electron chi connectivity index (χ4n) is 2.12. The van der Waals surface area contributed by atoms with Crippen LogP contribution in [0.2, 0.25) is 0 Å². The van der Waals surface area contributed by atoms with E-state index >= 15 is 0 Å². The molecule has 0 atom stereocenters. The van der Waals surface area contributed by atoms with Crippen molar-refractivity contribution in [1.29, 1.82) is 0 Å². The lowest BCUT2D eigenvalue weighted by Crippen LogP contribution is -2.25. The van der Waals surface area contributed by atoms with Gasteiger partial charge in [-0.05, 0) is 19.6 Å². The first-order chi connectivity index (χ1) is 9.69. The van der Waals surface area contributed by atoms with Crippen molar-refractivity contribution in [3.8, 4) is 0 Å². The Morgan fingerprint density at radius 2 is 2.30 bits per heavy atom. The number of nitrogen functional groups attached to an aromatic ring is 1. The Morgan fingerprint density at radius 1 is 1.50 bits per heavy atom. The van der Waals surface area contributed by atoms with Gasteiger partial charge in [0.2, 0.25) is 0 Å². The standard InChI is InChI=1S/C13H20N2O3S2/c1-3-18-13(16)11-9(14)10(19-2)12(20-11)15-5-4-7-17-8-6-15/h3-8,14H2,1-2H3. The normalized spacial score (nSPS) is 16.0. The van der Waals surface area contributed by atoms with E-state index in [9.17, 15) is 4.79 Å². The molecule has 0 radical (unpaired) electrons. The third kappa shape index (κ3) is 3.21. The van der Waals surface area contributed by atoms with Crippen LogP contribution in [0.3, 0.4) is 0 Å². The molecule has 0 saturated carbocycles. The van der Waals surface area contributed by atoms with E-state index < -0.39 is 0 Å². The largest absolute Gasteiger partial charge is 0.462 e. The van der Waals surface area contributed by atoms with Gasteiger partial charge in [-0.3, -0.25) is 0 Å². The van der Waals surface area contributed by atoms with Crippen LogP contribution in [-0.2, 0) is 9.47 Å². The topological polar surface area (TPSA) is 64.8 Å². The Morgan fingerprint density at radius 3 is 3.00 bits per heavy atom. The summed E-state index contributed by atoms with van der Waals surface area (Å²) in [5, 5.41) is 1.06. The summed E-state index contributed by atoms with van der Waals surface area (Å²) in [6.07, 6.45) is 2.96. The number of hydrogen-bond donors (Lipinski definition) is 1. The summed E-state index contributed by atoms with van der Waals surface area (Å²) in [6.45, 7) is 5.41. The number of nitrogens with two attached hydrogens (primary N) is 1. The van der Waals surface area contributed by atoms with Crippen LogP contribution >= 0.6 is 23.1 Å². The Bertz CT molecular complexity index is 468. The van der Waals surface area contributed by atoms with Crippen LogP contribution in [-0.4, -0.2) is 45.1 Å². The molecule has 1 saturated heterocycles. The Balaban J connectivity index is 2.31. The highest BCUT2D eigenvalue weighted by molar-refractivity contribution is 7.99. The molecule has 1 aliphatic heterocycles. The van der Waals surface area contributed by atoms with E-state index in [0.29, 0.717) is 23.8 Å². The zero-order valence-electron chi connectivity index (χ0n) is 11.8. The van der Waals surface area contributed by atoms with E-state index in [2.05, 4.69) is 4.90 Å². The lowest BCUT2D eigenvalue weighted by molar-refractivity contribution is 0.0533. The molecule has 0 bridgehead atoms. The van der Waals surface area contributed by atoms with Gasteiger partial charge in [0.25, 0.3) is 0 Å². The van der Waals surface area contributed by atoms with E-state index in [1.54, 1.807) is 18.7 Å². The van der Waals surface area contributed by atoms with Crippen molar-refractivity contribution < 1.29 is 14.3 Å². The van der Waals surface area contributed by atoms with Crippen molar-refractivity contribution in [3.05, 3.63) is 4.88 Å². The zero-order valence-corrected chi connectivity index (χ0v) is 13.4. The molecule has 112 valence electrons. The van der Waals surface area contributed by atoms with Gasteiger partial charge in [-0.1, -0.05) is 0 Å². The molecule has 1 aromatic rings. The first-order valence-corrected chi connectivity index (χ1v) is 8.69. The van der Waals surface area contributed by atoms with Crippen LogP contribution in [0.15, 0.2) is 4.90 Å². The summed E-state index contributed by atoms with van der Waals surface area (Å²) < 4.78 is 10.5. The second kappa shape index (κ2) is 7.19. The van der Waals surface area contributed by atoms with Gasteiger partial charge in [0.05, 0.1) is 23.8 Å². The zero-order chi connectivity index (χ0) is 14.5. The maximum atomic E-state index is 12.0. The van der Waals surface area contributed by atoms with Crippen molar-refractivity contribution in [2.45, 2.75) is 18.2 Å². The number of nitrogens with zero attached hydrogens (tertiary/aromatic N) is 1. The number of hydrogen-bond acceptors (Lipinski definition) is 7. The number of rotatable bonds is 4. The fraction of sp³-hybridized carbons (Fsp3) is 0.615. The molecule has 20 heavy (non-hydrogen) atoms. The third-order valence-corrected chi connectivity index (χ3v) is 5.25. The number of carbonyl (C=O) groups is 1. The molecule has 7 heteroatoms. The van der Waals surface area contributed by atoms with Crippen LogP contribution in [0.25, 0.3) is 0 Å². The molecule has 0 aliphatic carbocycles. The predicted molar refractivity (Wildman–Crippen MR) is 84.1 cm³/mol. The number of ether oxygens (including phenoxy) is 2. The third-order valence-electron chi connectivity index (χ3n) is 3.06.